The maximum atomic E-state index is 5.45. The highest BCUT2D eigenvalue weighted by Gasteiger charge is 2.14. The Kier molecular flexibility index (Phi) is 3.25. The molecule has 5 heteroatoms. The van der Waals surface area contributed by atoms with Crippen LogP contribution in [-0.4, -0.2) is 29.0 Å². The molecule has 1 aromatic carbocycles. The molecule has 0 amide bonds. The van der Waals surface area contributed by atoms with Gasteiger partial charge in [0.05, 0.1) is 26.1 Å². The number of aromatic nitrogens is 3. The Balaban J connectivity index is 2.32. The number of methoxy groups -OCH3 is 2. The number of hydrogen-bond donors (Lipinski definition) is 0. The average molecular weight is 283 g/mol. The first-order valence-corrected chi connectivity index (χ1v) is 6.65. The molecule has 0 aliphatic rings. The number of rotatable bonds is 3. The lowest BCUT2D eigenvalue weighted by molar-refractivity contribution is 0.409. The minimum atomic E-state index is 0.736. The van der Waals surface area contributed by atoms with Gasteiger partial charge >= 0.3 is 0 Å². The summed E-state index contributed by atoms with van der Waals surface area (Å²) in [6, 6.07) is 5.82. The number of aryl methyl sites for hydroxylation is 2. The van der Waals surface area contributed by atoms with E-state index in [0.717, 1.165) is 39.2 Å². The third-order valence-electron chi connectivity index (χ3n) is 3.52. The predicted molar refractivity (Wildman–Crippen MR) is 81.8 cm³/mol. The summed E-state index contributed by atoms with van der Waals surface area (Å²) in [5.41, 5.74) is 3.75. The first-order valence-electron chi connectivity index (χ1n) is 6.65. The highest BCUT2D eigenvalue weighted by atomic mass is 16.5. The third-order valence-corrected chi connectivity index (χ3v) is 3.52. The molecule has 2 heterocycles. The van der Waals surface area contributed by atoms with Crippen molar-refractivity contribution in [2.24, 2.45) is 7.05 Å². The summed E-state index contributed by atoms with van der Waals surface area (Å²) in [5.74, 6) is 1.54. The summed E-state index contributed by atoms with van der Waals surface area (Å²) in [6.07, 6.45) is 3.75. The molecule has 3 aromatic rings. The fourth-order valence-corrected chi connectivity index (χ4v) is 2.51. The third kappa shape index (κ3) is 2.20. The van der Waals surface area contributed by atoms with Crippen molar-refractivity contribution in [3.05, 3.63) is 36.2 Å². The van der Waals surface area contributed by atoms with Gasteiger partial charge in [0.2, 0.25) is 0 Å². The number of pyridine rings is 1. The maximum absolute atomic E-state index is 5.45. The van der Waals surface area contributed by atoms with E-state index in [0.29, 0.717) is 0 Å². The lowest BCUT2D eigenvalue weighted by Crippen LogP contribution is -1.95. The Bertz CT molecular complexity index is 809. The van der Waals surface area contributed by atoms with Crippen molar-refractivity contribution in [1.29, 1.82) is 0 Å². The molecule has 0 saturated carbocycles. The van der Waals surface area contributed by atoms with Crippen molar-refractivity contribution in [3.63, 3.8) is 0 Å². The molecular formula is C16H17N3O2. The van der Waals surface area contributed by atoms with Gasteiger partial charge in [0, 0.05) is 24.2 Å². The molecule has 5 nitrogen and oxygen atoms in total. The van der Waals surface area contributed by atoms with Crippen molar-refractivity contribution in [3.8, 4) is 22.8 Å². The van der Waals surface area contributed by atoms with Crippen LogP contribution in [0.4, 0.5) is 0 Å². The molecule has 0 bridgehead atoms. The van der Waals surface area contributed by atoms with Crippen LogP contribution >= 0.6 is 0 Å². The number of fused-ring (bicyclic) bond motifs is 1. The zero-order chi connectivity index (χ0) is 15.0. The van der Waals surface area contributed by atoms with E-state index in [1.54, 1.807) is 25.1 Å². The fourth-order valence-electron chi connectivity index (χ4n) is 2.51. The number of nitrogens with zero attached hydrogens (tertiary/aromatic N) is 3. The van der Waals surface area contributed by atoms with Crippen LogP contribution in [0.15, 0.2) is 30.6 Å². The number of hydrogen-bond acceptors (Lipinski definition) is 4. The van der Waals surface area contributed by atoms with E-state index >= 15 is 0 Å². The Hall–Kier alpha value is -2.56. The van der Waals surface area contributed by atoms with Crippen LogP contribution in [-0.2, 0) is 7.05 Å². The molecule has 2 aromatic heterocycles. The van der Waals surface area contributed by atoms with Gasteiger partial charge in [-0.15, -0.1) is 0 Å². The van der Waals surface area contributed by atoms with E-state index in [1.807, 2.05) is 38.4 Å². The molecular weight excluding hydrogens is 266 g/mol. The molecule has 0 unspecified atom stereocenters. The topological polar surface area (TPSA) is 49.2 Å². The van der Waals surface area contributed by atoms with Crippen LogP contribution in [0.1, 0.15) is 5.56 Å². The van der Waals surface area contributed by atoms with Gasteiger partial charge in [-0.2, -0.15) is 5.10 Å². The summed E-state index contributed by atoms with van der Waals surface area (Å²) in [4.78, 5) is 4.74. The smallest absolute Gasteiger partial charge is 0.145 e. The largest absolute Gasteiger partial charge is 0.496 e. The molecule has 0 aliphatic carbocycles. The normalized spacial score (nSPS) is 10.9. The molecule has 0 fully saturated rings. The summed E-state index contributed by atoms with van der Waals surface area (Å²) in [7, 11) is 5.20. The predicted octanol–water partition coefficient (Wildman–Crippen LogP) is 2.96. The monoisotopic (exact) mass is 283 g/mol. The number of benzene rings is 1. The lowest BCUT2D eigenvalue weighted by atomic mass is 10.1. The highest BCUT2D eigenvalue weighted by molar-refractivity contribution is 5.94. The van der Waals surface area contributed by atoms with Crippen LogP contribution in [0.5, 0.6) is 11.5 Å². The Morgan fingerprint density at radius 2 is 1.81 bits per heavy atom. The number of ether oxygens (including phenoxy) is 2. The van der Waals surface area contributed by atoms with Crippen LogP contribution in [0, 0.1) is 6.92 Å². The summed E-state index contributed by atoms with van der Waals surface area (Å²) in [6.45, 7) is 2.05. The zero-order valence-corrected chi connectivity index (χ0v) is 12.5. The second-order valence-electron chi connectivity index (χ2n) is 4.92. The van der Waals surface area contributed by atoms with Gasteiger partial charge in [0.15, 0.2) is 0 Å². The van der Waals surface area contributed by atoms with E-state index in [1.165, 1.54) is 0 Å². The SMILES string of the molecule is COc1ccc(OC)c2c(C)cc(-c3cnn(C)c3)nc12. The Morgan fingerprint density at radius 3 is 2.43 bits per heavy atom. The lowest BCUT2D eigenvalue weighted by Gasteiger charge is -2.12. The van der Waals surface area contributed by atoms with Gasteiger partial charge in [-0.1, -0.05) is 0 Å². The van der Waals surface area contributed by atoms with E-state index in [9.17, 15) is 0 Å². The van der Waals surface area contributed by atoms with E-state index in [-0.39, 0.29) is 0 Å². The van der Waals surface area contributed by atoms with Gasteiger partial charge in [-0.25, -0.2) is 4.98 Å². The van der Waals surface area contributed by atoms with Crippen molar-refractivity contribution in [1.82, 2.24) is 14.8 Å². The molecule has 0 saturated heterocycles. The summed E-state index contributed by atoms with van der Waals surface area (Å²) >= 11 is 0. The fraction of sp³-hybridized carbons (Fsp3) is 0.250. The van der Waals surface area contributed by atoms with Crippen LogP contribution in [0.3, 0.4) is 0 Å². The molecule has 21 heavy (non-hydrogen) atoms. The van der Waals surface area contributed by atoms with Gasteiger partial charge < -0.3 is 9.47 Å². The van der Waals surface area contributed by atoms with Gasteiger partial charge in [0.1, 0.15) is 17.0 Å². The summed E-state index contributed by atoms with van der Waals surface area (Å²) in [5, 5.41) is 5.18. The minimum Gasteiger partial charge on any atom is -0.496 e. The van der Waals surface area contributed by atoms with Crippen LogP contribution < -0.4 is 9.47 Å². The van der Waals surface area contributed by atoms with Gasteiger partial charge in [-0.3, -0.25) is 4.68 Å². The van der Waals surface area contributed by atoms with Crippen LogP contribution in [0.25, 0.3) is 22.2 Å². The summed E-state index contributed by atoms with van der Waals surface area (Å²) < 4.78 is 12.6. The molecule has 108 valence electrons. The molecule has 3 rings (SSSR count). The first kappa shape index (κ1) is 13.4. The molecule has 0 N–H and O–H groups in total. The minimum absolute atomic E-state index is 0.736. The highest BCUT2D eigenvalue weighted by Crippen LogP contribution is 2.36. The van der Waals surface area contributed by atoms with E-state index in [2.05, 4.69) is 5.10 Å². The average Bonchev–Trinajstić information content (AvgIpc) is 2.92. The molecule has 0 atom stereocenters. The van der Waals surface area contributed by atoms with Gasteiger partial charge in [-0.05, 0) is 30.7 Å². The quantitative estimate of drug-likeness (QED) is 0.741. The molecule has 0 aliphatic heterocycles. The standard InChI is InChI=1S/C16H17N3O2/c1-10-7-12(11-8-17-19(2)9-11)18-16-14(21-4)6-5-13(20-3)15(10)16/h5-9H,1-4H3. The maximum Gasteiger partial charge on any atom is 0.145 e. The first-order chi connectivity index (χ1) is 10.1. The zero-order valence-electron chi connectivity index (χ0n) is 12.5. The van der Waals surface area contributed by atoms with Crippen molar-refractivity contribution >= 4 is 10.9 Å². The molecule has 0 spiro atoms. The van der Waals surface area contributed by atoms with Crippen LogP contribution in [0.2, 0.25) is 0 Å². The van der Waals surface area contributed by atoms with Crippen molar-refractivity contribution < 1.29 is 9.47 Å². The Labute approximate surface area is 123 Å². The second kappa shape index (κ2) is 5.09. The molecule has 0 radical (unpaired) electrons. The second-order valence-corrected chi connectivity index (χ2v) is 4.92. The van der Waals surface area contributed by atoms with E-state index < -0.39 is 0 Å². The van der Waals surface area contributed by atoms with Gasteiger partial charge in [0.25, 0.3) is 0 Å². The van der Waals surface area contributed by atoms with Crippen molar-refractivity contribution in [2.75, 3.05) is 14.2 Å². The van der Waals surface area contributed by atoms with E-state index in [4.69, 9.17) is 14.5 Å². The van der Waals surface area contributed by atoms with Crippen molar-refractivity contribution in [2.45, 2.75) is 6.92 Å². The Morgan fingerprint density at radius 1 is 1.10 bits per heavy atom.